The van der Waals surface area contributed by atoms with Crippen molar-refractivity contribution in [3.8, 4) is 12.3 Å². The fourth-order valence-corrected chi connectivity index (χ4v) is 2.15. The second kappa shape index (κ2) is 4.12. The molecule has 0 aromatic carbocycles. The molecule has 1 N–H and O–H groups in total. The SMILES string of the molecule is C#CC(C)(C)NC(C)CS(C)(=O)=O. The third-order valence-electron chi connectivity index (χ3n) is 1.52. The molecule has 0 aromatic heterocycles. The minimum Gasteiger partial charge on any atom is -0.298 e. The lowest BCUT2D eigenvalue weighted by Gasteiger charge is -2.24. The van der Waals surface area contributed by atoms with Crippen molar-refractivity contribution in [2.24, 2.45) is 0 Å². The van der Waals surface area contributed by atoms with E-state index in [0.29, 0.717) is 0 Å². The third kappa shape index (κ3) is 6.62. The normalized spacial score (nSPS) is 15.0. The van der Waals surface area contributed by atoms with E-state index < -0.39 is 15.4 Å². The van der Waals surface area contributed by atoms with Crippen molar-refractivity contribution in [2.45, 2.75) is 32.4 Å². The third-order valence-corrected chi connectivity index (χ3v) is 2.63. The first-order valence-corrected chi connectivity index (χ1v) is 6.15. The number of hydrogen-bond donors (Lipinski definition) is 1. The predicted molar refractivity (Wildman–Crippen MR) is 55.2 cm³/mol. The summed E-state index contributed by atoms with van der Waals surface area (Å²) in [6, 6.07) is -0.124. The van der Waals surface area contributed by atoms with E-state index in [1.54, 1.807) is 6.92 Å². The van der Waals surface area contributed by atoms with Crippen molar-refractivity contribution >= 4 is 9.84 Å². The van der Waals surface area contributed by atoms with Gasteiger partial charge in [-0.1, -0.05) is 5.92 Å². The Kier molecular flexibility index (Phi) is 3.95. The van der Waals surface area contributed by atoms with E-state index in [1.165, 1.54) is 6.26 Å². The summed E-state index contributed by atoms with van der Waals surface area (Å²) in [5.41, 5.74) is -0.454. The average molecular weight is 203 g/mol. The van der Waals surface area contributed by atoms with Crippen LogP contribution < -0.4 is 5.32 Å². The molecule has 0 aliphatic carbocycles. The summed E-state index contributed by atoms with van der Waals surface area (Å²) in [7, 11) is -2.94. The fourth-order valence-electron chi connectivity index (χ4n) is 1.15. The molecular formula is C9H17NO2S. The zero-order valence-corrected chi connectivity index (χ0v) is 9.40. The summed E-state index contributed by atoms with van der Waals surface area (Å²) in [5, 5.41) is 3.05. The summed E-state index contributed by atoms with van der Waals surface area (Å²) in [6.45, 7) is 5.48. The molecular weight excluding hydrogens is 186 g/mol. The van der Waals surface area contributed by atoms with Gasteiger partial charge in [-0.25, -0.2) is 8.42 Å². The topological polar surface area (TPSA) is 46.2 Å². The van der Waals surface area contributed by atoms with E-state index in [2.05, 4.69) is 11.2 Å². The molecule has 0 aromatic rings. The first-order valence-electron chi connectivity index (χ1n) is 4.09. The Labute approximate surface area is 80.8 Å². The van der Waals surface area contributed by atoms with E-state index in [-0.39, 0.29) is 11.8 Å². The lowest BCUT2D eigenvalue weighted by Crippen LogP contribution is -2.46. The minimum absolute atomic E-state index is 0.109. The Morgan fingerprint density at radius 1 is 1.54 bits per heavy atom. The highest BCUT2D eigenvalue weighted by Crippen LogP contribution is 2.02. The number of rotatable bonds is 4. The molecule has 0 spiro atoms. The van der Waals surface area contributed by atoms with Gasteiger partial charge < -0.3 is 0 Å². The number of hydrogen-bond acceptors (Lipinski definition) is 3. The van der Waals surface area contributed by atoms with Crippen molar-refractivity contribution in [3.05, 3.63) is 0 Å². The Bertz CT molecular complexity index is 298. The number of nitrogens with one attached hydrogen (secondary N) is 1. The molecule has 0 radical (unpaired) electrons. The van der Waals surface area contributed by atoms with Crippen LogP contribution in [0.25, 0.3) is 0 Å². The van der Waals surface area contributed by atoms with E-state index in [0.717, 1.165) is 0 Å². The van der Waals surface area contributed by atoms with Crippen molar-refractivity contribution in [1.82, 2.24) is 5.32 Å². The Morgan fingerprint density at radius 2 is 2.00 bits per heavy atom. The predicted octanol–water partition coefficient (Wildman–Crippen LogP) is 0.421. The minimum atomic E-state index is -2.94. The molecule has 0 heterocycles. The van der Waals surface area contributed by atoms with Crippen LogP contribution in [0.3, 0.4) is 0 Å². The van der Waals surface area contributed by atoms with E-state index in [9.17, 15) is 8.42 Å². The molecule has 0 bridgehead atoms. The highest BCUT2D eigenvalue weighted by atomic mass is 32.2. The molecule has 0 amide bonds. The maximum atomic E-state index is 10.9. The molecule has 0 saturated carbocycles. The molecule has 0 aliphatic heterocycles. The molecule has 4 heteroatoms. The van der Waals surface area contributed by atoms with Gasteiger partial charge in [0.25, 0.3) is 0 Å². The Morgan fingerprint density at radius 3 is 2.31 bits per heavy atom. The molecule has 13 heavy (non-hydrogen) atoms. The molecule has 0 fully saturated rings. The van der Waals surface area contributed by atoms with Gasteiger partial charge in [0.05, 0.1) is 11.3 Å². The van der Waals surface area contributed by atoms with Gasteiger partial charge in [-0.3, -0.25) is 5.32 Å². The van der Waals surface area contributed by atoms with Crippen molar-refractivity contribution in [3.63, 3.8) is 0 Å². The number of sulfone groups is 1. The van der Waals surface area contributed by atoms with Gasteiger partial charge in [0.2, 0.25) is 0 Å². The Balaban J connectivity index is 4.20. The molecule has 1 unspecified atom stereocenters. The van der Waals surface area contributed by atoms with E-state index in [4.69, 9.17) is 6.42 Å². The summed E-state index contributed by atoms with van der Waals surface area (Å²) >= 11 is 0. The van der Waals surface area contributed by atoms with Gasteiger partial charge in [0.1, 0.15) is 9.84 Å². The van der Waals surface area contributed by atoms with Crippen LogP contribution in [0.4, 0.5) is 0 Å². The molecule has 76 valence electrons. The van der Waals surface area contributed by atoms with Crippen LogP contribution in [0.5, 0.6) is 0 Å². The van der Waals surface area contributed by atoms with Crippen LogP contribution in [-0.4, -0.2) is 32.0 Å². The molecule has 1 atom stereocenters. The second-order valence-electron chi connectivity index (χ2n) is 3.91. The summed E-state index contributed by atoms with van der Waals surface area (Å²) < 4.78 is 21.8. The maximum absolute atomic E-state index is 10.9. The van der Waals surface area contributed by atoms with E-state index in [1.807, 2.05) is 13.8 Å². The zero-order valence-electron chi connectivity index (χ0n) is 8.59. The van der Waals surface area contributed by atoms with Crippen molar-refractivity contribution in [1.29, 1.82) is 0 Å². The monoisotopic (exact) mass is 203 g/mol. The zero-order chi connectivity index (χ0) is 10.7. The summed E-state index contributed by atoms with van der Waals surface area (Å²) in [6.07, 6.45) is 6.47. The van der Waals surface area contributed by atoms with Crippen LogP contribution in [0.15, 0.2) is 0 Å². The van der Waals surface area contributed by atoms with Gasteiger partial charge in [0, 0.05) is 12.3 Å². The quantitative estimate of drug-likeness (QED) is 0.674. The molecule has 0 rings (SSSR count). The average Bonchev–Trinajstić information content (AvgIpc) is 1.81. The van der Waals surface area contributed by atoms with Crippen LogP contribution in [0, 0.1) is 12.3 Å². The van der Waals surface area contributed by atoms with Gasteiger partial charge in [0.15, 0.2) is 0 Å². The standard InChI is InChI=1S/C9H17NO2S/c1-6-9(3,4)10-8(2)7-13(5,11)12/h1,8,10H,7H2,2-5H3. The number of terminal acetylenes is 1. The highest BCUT2D eigenvalue weighted by Gasteiger charge is 2.19. The van der Waals surface area contributed by atoms with Crippen LogP contribution in [-0.2, 0) is 9.84 Å². The second-order valence-corrected chi connectivity index (χ2v) is 6.09. The lowest BCUT2D eigenvalue weighted by atomic mass is 10.1. The van der Waals surface area contributed by atoms with Crippen LogP contribution >= 0.6 is 0 Å². The maximum Gasteiger partial charge on any atom is 0.148 e. The first kappa shape index (κ1) is 12.5. The largest absolute Gasteiger partial charge is 0.298 e. The summed E-state index contributed by atoms with van der Waals surface area (Å²) in [4.78, 5) is 0. The lowest BCUT2D eigenvalue weighted by molar-refractivity contribution is 0.440. The van der Waals surface area contributed by atoms with Gasteiger partial charge >= 0.3 is 0 Å². The van der Waals surface area contributed by atoms with Gasteiger partial charge in [-0.2, -0.15) is 0 Å². The summed E-state index contributed by atoms with van der Waals surface area (Å²) in [5.74, 6) is 2.66. The van der Waals surface area contributed by atoms with E-state index >= 15 is 0 Å². The fraction of sp³-hybridized carbons (Fsp3) is 0.778. The van der Waals surface area contributed by atoms with Crippen molar-refractivity contribution in [2.75, 3.05) is 12.0 Å². The molecule has 0 saturated heterocycles. The first-order chi connectivity index (χ1) is 5.66. The van der Waals surface area contributed by atoms with Gasteiger partial charge in [-0.05, 0) is 20.8 Å². The molecule has 0 aliphatic rings. The van der Waals surface area contributed by atoms with Gasteiger partial charge in [-0.15, -0.1) is 6.42 Å². The highest BCUT2D eigenvalue weighted by molar-refractivity contribution is 7.90. The van der Waals surface area contributed by atoms with Crippen molar-refractivity contribution < 1.29 is 8.42 Å². The van der Waals surface area contributed by atoms with Crippen LogP contribution in [0.1, 0.15) is 20.8 Å². The molecule has 3 nitrogen and oxygen atoms in total. The smallest absolute Gasteiger partial charge is 0.148 e. The Hall–Kier alpha value is -0.530. The van der Waals surface area contributed by atoms with Crippen LogP contribution in [0.2, 0.25) is 0 Å².